The van der Waals surface area contributed by atoms with Crippen molar-refractivity contribution in [1.82, 2.24) is 20.1 Å². The van der Waals surface area contributed by atoms with Crippen molar-refractivity contribution in [3.8, 4) is 0 Å². The Morgan fingerprint density at radius 1 is 1.38 bits per heavy atom. The number of anilines is 2. The highest BCUT2D eigenvalue weighted by molar-refractivity contribution is 5.60. The second-order valence-electron chi connectivity index (χ2n) is 4.14. The quantitative estimate of drug-likeness (QED) is 0.570. The summed E-state index contributed by atoms with van der Waals surface area (Å²) in [4.78, 5) is 22.7. The largest absolute Gasteiger partial charge is 0.364 e. The number of nitro groups is 1. The van der Waals surface area contributed by atoms with Gasteiger partial charge in [-0.15, -0.1) is 0 Å². The number of rotatable bonds is 7. The predicted octanol–water partition coefficient (Wildman–Crippen LogP) is 1.16. The first-order valence-electron chi connectivity index (χ1n) is 6.37. The van der Waals surface area contributed by atoms with E-state index in [9.17, 15) is 10.1 Å². The summed E-state index contributed by atoms with van der Waals surface area (Å²) in [5.41, 5.74) is 0.165. The monoisotopic (exact) mass is 293 g/mol. The van der Waals surface area contributed by atoms with Gasteiger partial charge in [0, 0.05) is 19.5 Å². The molecule has 2 heterocycles. The first-order chi connectivity index (χ1) is 10.1. The zero-order valence-corrected chi connectivity index (χ0v) is 11.7. The Morgan fingerprint density at radius 2 is 2.19 bits per heavy atom. The van der Waals surface area contributed by atoms with Crippen LogP contribution in [-0.2, 0) is 6.42 Å². The number of hydrogen-bond acceptors (Lipinski definition) is 9. The highest BCUT2D eigenvalue weighted by Gasteiger charge is 2.21. The molecule has 0 aliphatic carbocycles. The number of nitrogens with one attached hydrogen (secondary N) is 2. The van der Waals surface area contributed by atoms with E-state index in [2.05, 4.69) is 35.3 Å². The van der Waals surface area contributed by atoms with Gasteiger partial charge in [0.15, 0.2) is 5.82 Å². The predicted molar refractivity (Wildman–Crippen MR) is 74.1 cm³/mol. The summed E-state index contributed by atoms with van der Waals surface area (Å²) < 4.78 is 4.62. The van der Waals surface area contributed by atoms with Crippen LogP contribution in [0.25, 0.3) is 0 Å². The molecule has 0 radical (unpaired) electrons. The molecule has 0 aliphatic heterocycles. The lowest BCUT2D eigenvalue weighted by Crippen LogP contribution is -2.13. The summed E-state index contributed by atoms with van der Waals surface area (Å²) in [6.07, 6.45) is 1.70. The molecule has 2 rings (SSSR count). The van der Waals surface area contributed by atoms with E-state index in [4.69, 9.17) is 0 Å². The Kier molecular flexibility index (Phi) is 4.59. The summed E-state index contributed by atoms with van der Waals surface area (Å²) in [7, 11) is 0. The maximum absolute atomic E-state index is 11.1. The smallest absolute Gasteiger partial charge is 0.332 e. The molecule has 0 spiro atoms. The molecule has 0 saturated heterocycles. The third kappa shape index (κ3) is 3.61. The maximum Gasteiger partial charge on any atom is 0.332 e. The van der Waals surface area contributed by atoms with Crippen LogP contribution in [0.2, 0.25) is 0 Å². The first kappa shape index (κ1) is 14.6. The minimum absolute atomic E-state index is 0.134. The summed E-state index contributed by atoms with van der Waals surface area (Å²) in [6.45, 7) is 4.48. The molecule has 112 valence electrons. The SMILES string of the molecule is CCNc1nc(C)c([N+](=O)[O-])c(NCCc2ncon2)n1. The zero-order chi connectivity index (χ0) is 15.2. The molecule has 21 heavy (non-hydrogen) atoms. The summed E-state index contributed by atoms with van der Waals surface area (Å²) in [6, 6.07) is 0. The molecular weight excluding hydrogens is 278 g/mol. The van der Waals surface area contributed by atoms with Gasteiger partial charge in [0.2, 0.25) is 18.2 Å². The van der Waals surface area contributed by atoms with E-state index in [-0.39, 0.29) is 11.5 Å². The van der Waals surface area contributed by atoms with Gasteiger partial charge in [-0.25, -0.2) is 4.98 Å². The number of hydrogen-bond donors (Lipinski definition) is 2. The Labute approximate surface area is 120 Å². The molecule has 2 aromatic heterocycles. The van der Waals surface area contributed by atoms with Crippen molar-refractivity contribution >= 4 is 17.5 Å². The van der Waals surface area contributed by atoms with E-state index >= 15 is 0 Å². The van der Waals surface area contributed by atoms with Crippen LogP contribution >= 0.6 is 0 Å². The van der Waals surface area contributed by atoms with Crippen LogP contribution in [0.5, 0.6) is 0 Å². The fourth-order valence-corrected chi connectivity index (χ4v) is 1.74. The maximum atomic E-state index is 11.1. The van der Waals surface area contributed by atoms with Crippen molar-refractivity contribution < 1.29 is 9.45 Å². The van der Waals surface area contributed by atoms with Gasteiger partial charge in [0.25, 0.3) is 0 Å². The molecular formula is C11H15N7O3. The van der Waals surface area contributed by atoms with Crippen LogP contribution in [0.3, 0.4) is 0 Å². The highest BCUT2D eigenvalue weighted by atomic mass is 16.6. The van der Waals surface area contributed by atoms with Crippen LogP contribution in [-0.4, -0.2) is 38.1 Å². The Bertz CT molecular complexity index is 615. The lowest BCUT2D eigenvalue weighted by atomic mass is 10.3. The van der Waals surface area contributed by atoms with E-state index < -0.39 is 4.92 Å². The van der Waals surface area contributed by atoms with Crippen molar-refractivity contribution in [2.45, 2.75) is 20.3 Å². The molecule has 0 aliphatic rings. The van der Waals surface area contributed by atoms with Gasteiger partial charge in [0.05, 0.1) is 4.92 Å². The second kappa shape index (κ2) is 6.59. The average molecular weight is 293 g/mol. The van der Waals surface area contributed by atoms with Gasteiger partial charge >= 0.3 is 5.69 Å². The topological polar surface area (TPSA) is 132 Å². The molecule has 2 N–H and O–H groups in total. The fraction of sp³-hybridized carbons (Fsp3) is 0.455. The van der Waals surface area contributed by atoms with Crippen LogP contribution in [0.15, 0.2) is 10.9 Å². The molecule has 0 fully saturated rings. The molecule has 0 amide bonds. The Hall–Kier alpha value is -2.78. The lowest BCUT2D eigenvalue weighted by molar-refractivity contribution is -0.385. The third-order valence-corrected chi connectivity index (χ3v) is 2.62. The molecule has 0 saturated carbocycles. The molecule has 0 atom stereocenters. The summed E-state index contributed by atoms with van der Waals surface area (Å²) >= 11 is 0. The van der Waals surface area contributed by atoms with E-state index in [0.717, 1.165) is 0 Å². The van der Waals surface area contributed by atoms with Gasteiger partial charge < -0.3 is 15.2 Å². The van der Waals surface area contributed by atoms with Gasteiger partial charge in [-0.2, -0.15) is 9.97 Å². The third-order valence-electron chi connectivity index (χ3n) is 2.62. The van der Waals surface area contributed by atoms with E-state index in [1.807, 2.05) is 6.92 Å². The van der Waals surface area contributed by atoms with Gasteiger partial charge in [0.1, 0.15) is 5.69 Å². The lowest BCUT2D eigenvalue weighted by Gasteiger charge is -2.09. The van der Waals surface area contributed by atoms with Gasteiger partial charge in [-0.1, -0.05) is 5.16 Å². The van der Waals surface area contributed by atoms with Crippen molar-refractivity contribution in [1.29, 1.82) is 0 Å². The Morgan fingerprint density at radius 3 is 2.81 bits per heavy atom. The van der Waals surface area contributed by atoms with Gasteiger partial charge in [-0.05, 0) is 13.8 Å². The first-order valence-corrected chi connectivity index (χ1v) is 6.37. The summed E-state index contributed by atoms with van der Waals surface area (Å²) in [5.74, 6) is 1.04. The highest BCUT2D eigenvalue weighted by Crippen LogP contribution is 2.26. The molecule has 2 aromatic rings. The fourth-order valence-electron chi connectivity index (χ4n) is 1.74. The number of aromatic nitrogens is 4. The molecule has 0 aromatic carbocycles. The molecule has 10 nitrogen and oxygen atoms in total. The van der Waals surface area contributed by atoms with Crippen molar-refractivity contribution in [3.63, 3.8) is 0 Å². The van der Waals surface area contributed by atoms with Crippen LogP contribution < -0.4 is 10.6 Å². The zero-order valence-electron chi connectivity index (χ0n) is 11.7. The second-order valence-corrected chi connectivity index (χ2v) is 4.14. The standard InChI is InChI=1S/C11H15N7O3/c1-3-12-11-15-7(2)9(18(19)20)10(16-11)13-5-4-8-14-6-21-17-8/h6H,3-5H2,1-2H3,(H2,12,13,15,16). The molecule has 0 bridgehead atoms. The minimum Gasteiger partial charge on any atom is -0.364 e. The van der Waals surface area contributed by atoms with Crippen LogP contribution in [0.4, 0.5) is 17.5 Å². The average Bonchev–Trinajstić information content (AvgIpc) is 2.91. The van der Waals surface area contributed by atoms with Crippen molar-refractivity contribution in [2.24, 2.45) is 0 Å². The van der Waals surface area contributed by atoms with Gasteiger partial charge in [-0.3, -0.25) is 10.1 Å². The molecule has 0 unspecified atom stereocenters. The number of aryl methyl sites for hydroxylation is 1. The van der Waals surface area contributed by atoms with E-state index in [1.165, 1.54) is 6.39 Å². The van der Waals surface area contributed by atoms with Crippen LogP contribution in [0, 0.1) is 17.0 Å². The van der Waals surface area contributed by atoms with Crippen molar-refractivity contribution in [2.75, 3.05) is 23.7 Å². The van der Waals surface area contributed by atoms with E-state index in [0.29, 0.717) is 37.0 Å². The van der Waals surface area contributed by atoms with Crippen molar-refractivity contribution in [3.05, 3.63) is 28.0 Å². The number of nitrogens with zero attached hydrogens (tertiary/aromatic N) is 5. The van der Waals surface area contributed by atoms with Crippen LogP contribution in [0.1, 0.15) is 18.4 Å². The Balaban J connectivity index is 2.16. The summed E-state index contributed by atoms with van der Waals surface area (Å²) in [5, 5.41) is 20.6. The van der Waals surface area contributed by atoms with E-state index in [1.54, 1.807) is 6.92 Å². The normalized spacial score (nSPS) is 10.4. The molecule has 10 heteroatoms. The minimum atomic E-state index is -0.498.